The van der Waals surface area contributed by atoms with Gasteiger partial charge in [-0.3, -0.25) is 4.79 Å². The standard InChI is InChI=1S/C17H15FN2OS2/c1-10-9-22-17(19-10)15-8-14(11(2)23-15)20-16(21)7-12-4-3-5-13(18)6-12/h3-6,8-9H,7H2,1-2H3,(H,20,21). The highest BCUT2D eigenvalue weighted by Crippen LogP contribution is 2.35. The van der Waals surface area contributed by atoms with Crippen LogP contribution in [0.2, 0.25) is 0 Å². The molecule has 23 heavy (non-hydrogen) atoms. The molecule has 0 aliphatic heterocycles. The fourth-order valence-electron chi connectivity index (χ4n) is 2.21. The van der Waals surface area contributed by atoms with Crippen molar-refractivity contribution in [3.8, 4) is 9.88 Å². The molecule has 1 N–H and O–H groups in total. The number of amides is 1. The smallest absolute Gasteiger partial charge is 0.228 e. The Labute approximate surface area is 141 Å². The molecule has 3 nitrogen and oxygen atoms in total. The summed E-state index contributed by atoms with van der Waals surface area (Å²) in [5, 5.41) is 5.87. The number of nitrogens with one attached hydrogen (secondary N) is 1. The predicted octanol–water partition coefficient (Wildman–Crippen LogP) is 4.81. The maximum absolute atomic E-state index is 13.2. The zero-order valence-corrected chi connectivity index (χ0v) is 14.4. The highest BCUT2D eigenvalue weighted by atomic mass is 32.1. The second-order valence-electron chi connectivity index (χ2n) is 5.23. The molecule has 1 amide bonds. The molecule has 6 heteroatoms. The lowest BCUT2D eigenvalue weighted by Gasteiger charge is -2.04. The number of anilines is 1. The molecule has 2 heterocycles. The Morgan fingerprint density at radius 3 is 2.83 bits per heavy atom. The zero-order valence-electron chi connectivity index (χ0n) is 12.7. The van der Waals surface area contributed by atoms with Gasteiger partial charge in [-0.25, -0.2) is 9.37 Å². The Morgan fingerprint density at radius 1 is 1.30 bits per heavy atom. The largest absolute Gasteiger partial charge is 0.325 e. The number of carbonyl (C=O) groups excluding carboxylic acids is 1. The summed E-state index contributed by atoms with van der Waals surface area (Å²) in [4.78, 5) is 18.7. The maximum Gasteiger partial charge on any atom is 0.228 e. The van der Waals surface area contributed by atoms with Crippen LogP contribution < -0.4 is 5.32 Å². The van der Waals surface area contributed by atoms with Gasteiger partial charge in [-0.15, -0.1) is 22.7 Å². The molecular formula is C17H15FN2OS2. The van der Waals surface area contributed by atoms with Crippen LogP contribution in [0.25, 0.3) is 9.88 Å². The summed E-state index contributed by atoms with van der Waals surface area (Å²) in [7, 11) is 0. The number of thiophene rings is 1. The lowest BCUT2D eigenvalue weighted by Crippen LogP contribution is -2.14. The third kappa shape index (κ3) is 3.83. The number of halogens is 1. The molecule has 0 aliphatic carbocycles. The number of carbonyl (C=O) groups is 1. The molecule has 0 bridgehead atoms. The summed E-state index contributed by atoms with van der Waals surface area (Å²) >= 11 is 3.20. The van der Waals surface area contributed by atoms with Crippen LogP contribution in [0.5, 0.6) is 0 Å². The number of aryl methyl sites for hydroxylation is 2. The van der Waals surface area contributed by atoms with E-state index in [1.54, 1.807) is 34.8 Å². The second-order valence-corrected chi connectivity index (χ2v) is 7.34. The van der Waals surface area contributed by atoms with Crippen molar-refractivity contribution in [3.05, 3.63) is 57.7 Å². The molecular weight excluding hydrogens is 331 g/mol. The first kappa shape index (κ1) is 15.8. The Kier molecular flexibility index (Phi) is 4.54. The summed E-state index contributed by atoms with van der Waals surface area (Å²) < 4.78 is 13.2. The number of hydrogen-bond donors (Lipinski definition) is 1. The number of nitrogens with zero attached hydrogens (tertiary/aromatic N) is 1. The summed E-state index contributed by atoms with van der Waals surface area (Å²) in [6.45, 7) is 3.93. The van der Waals surface area contributed by atoms with Crippen LogP contribution in [0.3, 0.4) is 0 Å². The lowest BCUT2D eigenvalue weighted by atomic mass is 10.1. The van der Waals surface area contributed by atoms with Gasteiger partial charge in [0.25, 0.3) is 0 Å². The van der Waals surface area contributed by atoms with Crippen LogP contribution in [0.4, 0.5) is 10.1 Å². The van der Waals surface area contributed by atoms with Gasteiger partial charge in [-0.1, -0.05) is 12.1 Å². The summed E-state index contributed by atoms with van der Waals surface area (Å²) in [6.07, 6.45) is 0.152. The topological polar surface area (TPSA) is 42.0 Å². The van der Waals surface area contributed by atoms with Crippen molar-refractivity contribution in [1.82, 2.24) is 4.98 Å². The normalized spacial score (nSPS) is 10.7. The average molecular weight is 346 g/mol. The van der Waals surface area contributed by atoms with Gasteiger partial charge >= 0.3 is 0 Å². The van der Waals surface area contributed by atoms with E-state index in [9.17, 15) is 9.18 Å². The minimum atomic E-state index is -0.330. The fourth-order valence-corrected chi connectivity index (χ4v) is 4.04. The summed E-state index contributed by atoms with van der Waals surface area (Å²) in [6, 6.07) is 8.04. The zero-order chi connectivity index (χ0) is 16.4. The molecule has 0 saturated carbocycles. The highest BCUT2D eigenvalue weighted by Gasteiger charge is 2.13. The Hall–Kier alpha value is -2.05. The van der Waals surface area contributed by atoms with E-state index in [4.69, 9.17) is 0 Å². The van der Waals surface area contributed by atoms with Crippen LogP contribution in [0.15, 0.2) is 35.7 Å². The van der Waals surface area contributed by atoms with E-state index in [1.807, 2.05) is 25.3 Å². The molecule has 118 valence electrons. The van der Waals surface area contributed by atoms with Gasteiger partial charge in [0.15, 0.2) is 0 Å². The molecule has 0 aliphatic rings. The Balaban J connectivity index is 1.72. The van der Waals surface area contributed by atoms with Gasteiger partial charge in [0, 0.05) is 16.0 Å². The van der Waals surface area contributed by atoms with Gasteiger partial charge in [-0.05, 0) is 37.6 Å². The first-order chi connectivity index (χ1) is 11.0. The van der Waals surface area contributed by atoms with Crippen molar-refractivity contribution in [1.29, 1.82) is 0 Å². The van der Waals surface area contributed by atoms with E-state index in [2.05, 4.69) is 10.3 Å². The van der Waals surface area contributed by atoms with E-state index >= 15 is 0 Å². The van der Waals surface area contributed by atoms with Crippen LogP contribution in [-0.2, 0) is 11.2 Å². The Bertz CT molecular complexity index is 854. The van der Waals surface area contributed by atoms with Gasteiger partial charge in [0.2, 0.25) is 5.91 Å². The van der Waals surface area contributed by atoms with Crippen molar-refractivity contribution in [2.24, 2.45) is 0 Å². The number of hydrogen-bond acceptors (Lipinski definition) is 4. The van der Waals surface area contributed by atoms with Gasteiger partial charge < -0.3 is 5.32 Å². The van der Waals surface area contributed by atoms with E-state index in [1.165, 1.54) is 12.1 Å². The minimum Gasteiger partial charge on any atom is -0.325 e. The molecule has 3 aromatic rings. The number of thiazole rings is 1. The van der Waals surface area contributed by atoms with E-state index in [0.29, 0.717) is 5.56 Å². The van der Waals surface area contributed by atoms with Crippen molar-refractivity contribution < 1.29 is 9.18 Å². The molecule has 0 radical (unpaired) electrons. The van der Waals surface area contributed by atoms with Gasteiger partial charge in [0.1, 0.15) is 10.8 Å². The minimum absolute atomic E-state index is 0.152. The molecule has 3 rings (SSSR count). The van der Waals surface area contributed by atoms with Gasteiger partial charge in [0.05, 0.1) is 17.0 Å². The SMILES string of the molecule is Cc1csc(-c2cc(NC(=O)Cc3cccc(F)c3)c(C)s2)n1. The summed E-state index contributed by atoms with van der Waals surface area (Å²) in [5.41, 5.74) is 2.44. The molecule has 2 aromatic heterocycles. The molecule has 0 atom stereocenters. The maximum atomic E-state index is 13.2. The van der Waals surface area contributed by atoms with Crippen LogP contribution in [-0.4, -0.2) is 10.9 Å². The first-order valence-corrected chi connectivity index (χ1v) is 8.78. The first-order valence-electron chi connectivity index (χ1n) is 7.08. The van der Waals surface area contributed by atoms with Crippen molar-refractivity contribution >= 4 is 34.3 Å². The number of benzene rings is 1. The Morgan fingerprint density at radius 2 is 2.13 bits per heavy atom. The molecule has 0 saturated heterocycles. The quantitative estimate of drug-likeness (QED) is 0.737. The second kappa shape index (κ2) is 6.60. The van der Waals surface area contributed by atoms with Gasteiger partial charge in [-0.2, -0.15) is 0 Å². The number of rotatable bonds is 4. The number of aromatic nitrogens is 1. The van der Waals surface area contributed by atoms with Crippen molar-refractivity contribution in [3.63, 3.8) is 0 Å². The molecule has 0 unspecified atom stereocenters. The average Bonchev–Trinajstić information content (AvgIpc) is 3.06. The van der Waals surface area contributed by atoms with Crippen molar-refractivity contribution in [2.45, 2.75) is 20.3 Å². The highest BCUT2D eigenvalue weighted by molar-refractivity contribution is 7.21. The lowest BCUT2D eigenvalue weighted by molar-refractivity contribution is -0.115. The molecule has 0 fully saturated rings. The van der Waals surface area contributed by atoms with Crippen molar-refractivity contribution in [2.75, 3.05) is 5.32 Å². The fraction of sp³-hybridized carbons (Fsp3) is 0.176. The van der Waals surface area contributed by atoms with Crippen LogP contribution in [0, 0.1) is 19.7 Å². The van der Waals surface area contributed by atoms with E-state index < -0.39 is 0 Å². The summed E-state index contributed by atoms with van der Waals surface area (Å²) in [5.74, 6) is -0.484. The van der Waals surface area contributed by atoms with Crippen LogP contribution >= 0.6 is 22.7 Å². The van der Waals surface area contributed by atoms with E-state index in [0.717, 1.165) is 26.1 Å². The third-order valence-electron chi connectivity index (χ3n) is 3.28. The predicted molar refractivity (Wildman–Crippen MR) is 93.6 cm³/mol. The molecule has 1 aromatic carbocycles. The van der Waals surface area contributed by atoms with E-state index in [-0.39, 0.29) is 18.1 Å². The molecule has 0 spiro atoms. The van der Waals surface area contributed by atoms with Crippen LogP contribution in [0.1, 0.15) is 16.1 Å². The third-order valence-corrected chi connectivity index (χ3v) is 5.46. The monoisotopic (exact) mass is 346 g/mol.